The Morgan fingerprint density at radius 2 is 1.89 bits per heavy atom. The number of hydrogen-bond acceptors (Lipinski definition) is 2. The Morgan fingerprint density at radius 1 is 1.11 bits per heavy atom. The van der Waals surface area contributed by atoms with Crippen LogP contribution in [-0.2, 0) is 6.54 Å². The zero-order valence-electron chi connectivity index (χ0n) is 10.1. The number of rotatable bonds is 2. The third kappa shape index (κ3) is 2.37. The van der Waals surface area contributed by atoms with Gasteiger partial charge in [-0.25, -0.2) is 4.98 Å². The molecule has 0 N–H and O–H groups in total. The lowest BCUT2D eigenvalue weighted by Gasteiger charge is -2.06. The lowest BCUT2D eigenvalue weighted by Crippen LogP contribution is -2.21. The second-order valence-electron chi connectivity index (χ2n) is 4.32. The summed E-state index contributed by atoms with van der Waals surface area (Å²) in [6.07, 6.45) is 1.57. The van der Waals surface area contributed by atoms with Gasteiger partial charge in [0.05, 0.1) is 23.8 Å². The summed E-state index contributed by atoms with van der Waals surface area (Å²) >= 11 is 5.93. The molecule has 1 heterocycles. The zero-order chi connectivity index (χ0) is 13.2. The van der Waals surface area contributed by atoms with Gasteiger partial charge >= 0.3 is 0 Å². The molecule has 0 unspecified atom stereocenters. The van der Waals surface area contributed by atoms with E-state index >= 15 is 0 Å². The van der Waals surface area contributed by atoms with Crippen molar-refractivity contribution in [3.63, 3.8) is 0 Å². The standard InChI is InChI=1S/C15H11ClN2O/c16-12-6-7-14-13(8-12)15(19)18(10-17-14)9-11-4-2-1-3-5-11/h1-8,10H,9H2. The molecule has 0 amide bonds. The van der Waals surface area contributed by atoms with E-state index in [2.05, 4.69) is 4.98 Å². The van der Waals surface area contributed by atoms with Gasteiger partial charge in [-0.1, -0.05) is 41.9 Å². The molecule has 0 fully saturated rings. The SMILES string of the molecule is O=c1c2cc(Cl)ccc2ncn1Cc1ccccc1. The summed E-state index contributed by atoms with van der Waals surface area (Å²) in [7, 11) is 0. The third-order valence-electron chi connectivity index (χ3n) is 2.98. The predicted octanol–water partition coefficient (Wildman–Crippen LogP) is 3.10. The maximum absolute atomic E-state index is 12.3. The fraction of sp³-hybridized carbons (Fsp3) is 0.0667. The molecule has 3 rings (SSSR count). The van der Waals surface area contributed by atoms with E-state index in [-0.39, 0.29) is 5.56 Å². The van der Waals surface area contributed by atoms with Crippen molar-refractivity contribution in [2.75, 3.05) is 0 Å². The number of nitrogens with zero attached hydrogens (tertiary/aromatic N) is 2. The molecule has 3 aromatic rings. The minimum atomic E-state index is -0.0728. The van der Waals surface area contributed by atoms with Crippen molar-refractivity contribution in [2.45, 2.75) is 6.54 Å². The number of fused-ring (bicyclic) bond motifs is 1. The van der Waals surface area contributed by atoms with Crippen LogP contribution in [0.25, 0.3) is 10.9 Å². The molecule has 19 heavy (non-hydrogen) atoms. The first-order chi connectivity index (χ1) is 9.24. The summed E-state index contributed by atoms with van der Waals surface area (Å²) in [5.41, 5.74) is 1.66. The Morgan fingerprint density at radius 3 is 2.68 bits per heavy atom. The van der Waals surface area contributed by atoms with Crippen LogP contribution in [0, 0.1) is 0 Å². The van der Waals surface area contributed by atoms with Gasteiger partial charge in [0.2, 0.25) is 0 Å². The molecule has 0 bridgehead atoms. The minimum Gasteiger partial charge on any atom is -0.294 e. The second kappa shape index (κ2) is 4.86. The summed E-state index contributed by atoms with van der Waals surface area (Å²) in [6, 6.07) is 15.0. The Labute approximate surface area is 115 Å². The first-order valence-corrected chi connectivity index (χ1v) is 6.30. The Kier molecular flexibility index (Phi) is 3.05. The van der Waals surface area contributed by atoms with Crippen molar-refractivity contribution >= 4 is 22.5 Å². The first-order valence-electron chi connectivity index (χ1n) is 5.93. The number of hydrogen-bond donors (Lipinski definition) is 0. The van der Waals surface area contributed by atoms with Gasteiger partial charge in [0, 0.05) is 5.02 Å². The van der Waals surface area contributed by atoms with E-state index in [0.717, 1.165) is 5.56 Å². The molecule has 0 aliphatic rings. The topological polar surface area (TPSA) is 34.9 Å². The Bertz CT molecular complexity index is 781. The van der Waals surface area contributed by atoms with Crippen molar-refractivity contribution in [1.29, 1.82) is 0 Å². The van der Waals surface area contributed by atoms with Crippen LogP contribution >= 0.6 is 11.6 Å². The molecular formula is C15H11ClN2O. The highest BCUT2D eigenvalue weighted by atomic mass is 35.5. The van der Waals surface area contributed by atoms with E-state index in [4.69, 9.17) is 11.6 Å². The maximum atomic E-state index is 12.3. The largest absolute Gasteiger partial charge is 0.294 e. The highest BCUT2D eigenvalue weighted by molar-refractivity contribution is 6.31. The van der Waals surface area contributed by atoms with E-state index in [0.29, 0.717) is 22.5 Å². The lowest BCUT2D eigenvalue weighted by atomic mass is 10.2. The van der Waals surface area contributed by atoms with Crippen molar-refractivity contribution in [2.24, 2.45) is 0 Å². The highest BCUT2D eigenvalue weighted by Gasteiger charge is 2.05. The molecule has 0 saturated heterocycles. The molecule has 3 nitrogen and oxygen atoms in total. The van der Waals surface area contributed by atoms with Crippen LogP contribution in [0.3, 0.4) is 0 Å². The lowest BCUT2D eigenvalue weighted by molar-refractivity contribution is 0.748. The number of halogens is 1. The molecule has 0 atom stereocenters. The van der Waals surface area contributed by atoms with Crippen molar-refractivity contribution < 1.29 is 0 Å². The molecule has 0 saturated carbocycles. The molecule has 94 valence electrons. The van der Waals surface area contributed by atoms with Crippen LogP contribution in [-0.4, -0.2) is 9.55 Å². The van der Waals surface area contributed by atoms with E-state index in [1.807, 2.05) is 30.3 Å². The molecule has 0 spiro atoms. The zero-order valence-corrected chi connectivity index (χ0v) is 10.8. The van der Waals surface area contributed by atoms with Crippen LogP contribution in [0.5, 0.6) is 0 Å². The van der Waals surface area contributed by atoms with Gasteiger partial charge in [0.25, 0.3) is 5.56 Å². The summed E-state index contributed by atoms with van der Waals surface area (Å²) in [5.74, 6) is 0. The Hall–Kier alpha value is -2.13. The van der Waals surface area contributed by atoms with Gasteiger partial charge < -0.3 is 0 Å². The minimum absolute atomic E-state index is 0.0728. The van der Waals surface area contributed by atoms with Gasteiger partial charge in [0.1, 0.15) is 0 Å². The smallest absolute Gasteiger partial charge is 0.261 e. The van der Waals surface area contributed by atoms with Crippen LogP contribution in [0.15, 0.2) is 59.7 Å². The predicted molar refractivity (Wildman–Crippen MR) is 76.6 cm³/mol. The van der Waals surface area contributed by atoms with Gasteiger partial charge in [-0.2, -0.15) is 0 Å². The van der Waals surface area contributed by atoms with Crippen LogP contribution in [0.1, 0.15) is 5.56 Å². The summed E-state index contributed by atoms with van der Waals surface area (Å²) < 4.78 is 1.59. The maximum Gasteiger partial charge on any atom is 0.261 e. The number of benzene rings is 2. The molecule has 2 aromatic carbocycles. The first kappa shape index (κ1) is 11.9. The molecular weight excluding hydrogens is 260 g/mol. The highest BCUT2D eigenvalue weighted by Crippen LogP contribution is 2.14. The molecule has 4 heteroatoms. The quantitative estimate of drug-likeness (QED) is 0.717. The van der Waals surface area contributed by atoms with Crippen molar-refractivity contribution in [1.82, 2.24) is 9.55 Å². The average Bonchev–Trinajstić information content (AvgIpc) is 2.44. The van der Waals surface area contributed by atoms with Gasteiger partial charge in [-0.05, 0) is 23.8 Å². The average molecular weight is 271 g/mol. The monoisotopic (exact) mass is 270 g/mol. The van der Waals surface area contributed by atoms with E-state index in [1.54, 1.807) is 29.1 Å². The van der Waals surface area contributed by atoms with Gasteiger partial charge in [0.15, 0.2) is 0 Å². The normalized spacial score (nSPS) is 10.8. The Balaban J connectivity index is 2.10. The molecule has 0 aliphatic carbocycles. The fourth-order valence-corrected chi connectivity index (χ4v) is 2.20. The van der Waals surface area contributed by atoms with Gasteiger partial charge in [-0.3, -0.25) is 9.36 Å². The summed E-state index contributed by atoms with van der Waals surface area (Å²) in [5, 5.41) is 1.09. The summed E-state index contributed by atoms with van der Waals surface area (Å²) in [4.78, 5) is 16.6. The van der Waals surface area contributed by atoms with Gasteiger partial charge in [-0.15, -0.1) is 0 Å². The van der Waals surface area contributed by atoms with Crippen LogP contribution in [0.4, 0.5) is 0 Å². The van der Waals surface area contributed by atoms with Crippen LogP contribution < -0.4 is 5.56 Å². The van der Waals surface area contributed by atoms with Crippen molar-refractivity contribution in [3.05, 3.63) is 75.8 Å². The fourth-order valence-electron chi connectivity index (χ4n) is 2.02. The van der Waals surface area contributed by atoms with Crippen molar-refractivity contribution in [3.8, 4) is 0 Å². The third-order valence-corrected chi connectivity index (χ3v) is 3.22. The number of aromatic nitrogens is 2. The van der Waals surface area contributed by atoms with E-state index in [9.17, 15) is 4.79 Å². The summed E-state index contributed by atoms with van der Waals surface area (Å²) in [6.45, 7) is 0.509. The molecule has 0 aliphatic heterocycles. The van der Waals surface area contributed by atoms with E-state index in [1.165, 1.54) is 0 Å². The second-order valence-corrected chi connectivity index (χ2v) is 4.76. The van der Waals surface area contributed by atoms with Crippen LogP contribution in [0.2, 0.25) is 5.02 Å². The molecule has 0 radical (unpaired) electrons. The molecule has 1 aromatic heterocycles. The van der Waals surface area contributed by atoms with E-state index < -0.39 is 0 Å².